The van der Waals surface area contributed by atoms with Crippen molar-refractivity contribution in [3.63, 3.8) is 0 Å². The topological polar surface area (TPSA) is 39.7 Å². The first-order valence-corrected chi connectivity index (χ1v) is 5.78. The minimum absolute atomic E-state index is 0.696. The van der Waals surface area contributed by atoms with Crippen molar-refractivity contribution < 1.29 is 14.2 Å². The van der Waals surface area contributed by atoms with E-state index >= 15 is 0 Å². The molecule has 4 heteroatoms. The number of benzene rings is 1. The van der Waals surface area contributed by atoms with Gasteiger partial charge >= 0.3 is 0 Å². The van der Waals surface area contributed by atoms with Gasteiger partial charge in [0.2, 0.25) is 0 Å². The van der Waals surface area contributed by atoms with Gasteiger partial charge < -0.3 is 19.5 Å². The molecule has 0 unspecified atom stereocenters. The van der Waals surface area contributed by atoms with Crippen LogP contribution >= 0.6 is 0 Å². The predicted molar refractivity (Wildman–Crippen MR) is 66.2 cm³/mol. The van der Waals surface area contributed by atoms with Crippen LogP contribution in [0.2, 0.25) is 0 Å². The summed E-state index contributed by atoms with van der Waals surface area (Å²) in [6.45, 7) is 2.16. The number of methoxy groups -OCH3 is 3. The SMILES string of the molecule is COc1cc(OC)c(OC)cc1CC1CNC1. The summed E-state index contributed by atoms with van der Waals surface area (Å²) < 4.78 is 16.0. The molecular weight excluding hydrogens is 218 g/mol. The van der Waals surface area contributed by atoms with Gasteiger partial charge in [0.05, 0.1) is 21.3 Å². The van der Waals surface area contributed by atoms with E-state index in [-0.39, 0.29) is 0 Å². The Balaban J connectivity index is 2.27. The number of hydrogen-bond acceptors (Lipinski definition) is 4. The van der Waals surface area contributed by atoms with E-state index in [2.05, 4.69) is 5.32 Å². The van der Waals surface area contributed by atoms with Crippen LogP contribution in [0.15, 0.2) is 12.1 Å². The fourth-order valence-corrected chi connectivity index (χ4v) is 2.06. The molecule has 17 heavy (non-hydrogen) atoms. The first-order valence-electron chi connectivity index (χ1n) is 5.78. The zero-order chi connectivity index (χ0) is 12.3. The van der Waals surface area contributed by atoms with E-state index in [1.165, 1.54) is 5.56 Å². The summed E-state index contributed by atoms with van der Waals surface area (Å²) in [7, 11) is 4.97. The van der Waals surface area contributed by atoms with Crippen molar-refractivity contribution in [1.29, 1.82) is 0 Å². The smallest absolute Gasteiger partial charge is 0.164 e. The average Bonchev–Trinajstić information content (AvgIpc) is 2.32. The molecule has 1 saturated heterocycles. The summed E-state index contributed by atoms with van der Waals surface area (Å²) >= 11 is 0. The molecule has 4 nitrogen and oxygen atoms in total. The molecule has 1 aromatic rings. The van der Waals surface area contributed by atoms with Gasteiger partial charge in [-0.05, 0) is 37.1 Å². The normalized spacial score (nSPS) is 15.2. The third kappa shape index (κ3) is 2.47. The lowest BCUT2D eigenvalue weighted by molar-refractivity contribution is 0.330. The van der Waals surface area contributed by atoms with Gasteiger partial charge in [-0.15, -0.1) is 0 Å². The lowest BCUT2D eigenvalue weighted by Crippen LogP contribution is -2.43. The molecule has 0 aliphatic carbocycles. The predicted octanol–water partition coefficient (Wildman–Crippen LogP) is 1.47. The lowest BCUT2D eigenvalue weighted by atomic mass is 9.93. The Labute approximate surface area is 102 Å². The van der Waals surface area contributed by atoms with Gasteiger partial charge in [0.25, 0.3) is 0 Å². The second-order valence-corrected chi connectivity index (χ2v) is 4.25. The van der Waals surface area contributed by atoms with E-state index in [1.807, 2.05) is 12.1 Å². The monoisotopic (exact) mass is 237 g/mol. The van der Waals surface area contributed by atoms with E-state index in [9.17, 15) is 0 Å². The summed E-state index contributed by atoms with van der Waals surface area (Å²) in [6, 6.07) is 3.90. The van der Waals surface area contributed by atoms with Crippen LogP contribution < -0.4 is 19.5 Å². The van der Waals surface area contributed by atoms with Crippen molar-refractivity contribution in [3.05, 3.63) is 17.7 Å². The fourth-order valence-electron chi connectivity index (χ4n) is 2.06. The minimum atomic E-state index is 0.696. The molecule has 0 amide bonds. The molecule has 1 aromatic carbocycles. The Bertz CT molecular complexity index is 388. The van der Waals surface area contributed by atoms with Gasteiger partial charge in [0.15, 0.2) is 11.5 Å². The standard InChI is InChI=1S/C13H19NO3/c1-15-11-6-13(17-3)12(16-2)5-10(11)4-9-7-14-8-9/h5-6,9,14H,4,7-8H2,1-3H3. The van der Waals surface area contributed by atoms with Crippen molar-refractivity contribution in [2.24, 2.45) is 5.92 Å². The molecule has 1 N–H and O–H groups in total. The molecule has 1 fully saturated rings. The van der Waals surface area contributed by atoms with Crippen LogP contribution in [0.4, 0.5) is 0 Å². The van der Waals surface area contributed by atoms with Crippen LogP contribution in [-0.4, -0.2) is 34.4 Å². The summed E-state index contributed by atoms with van der Waals surface area (Å²) in [4.78, 5) is 0. The first-order chi connectivity index (χ1) is 8.28. The molecule has 0 aromatic heterocycles. The van der Waals surface area contributed by atoms with Crippen LogP contribution in [0.3, 0.4) is 0 Å². The quantitative estimate of drug-likeness (QED) is 0.842. The van der Waals surface area contributed by atoms with Gasteiger partial charge in [-0.2, -0.15) is 0 Å². The minimum Gasteiger partial charge on any atom is -0.496 e. The Hall–Kier alpha value is -1.42. The molecule has 0 saturated carbocycles. The van der Waals surface area contributed by atoms with Crippen molar-refractivity contribution in [3.8, 4) is 17.2 Å². The average molecular weight is 237 g/mol. The van der Waals surface area contributed by atoms with Gasteiger partial charge in [-0.3, -0.25) is 0 Å². The summed E-state index contributed by atoms with van der Waals surface area (Å²) in [5.41, 5.74) is 1.18. The Morgan fingerprint density at radius 1 is 1.00 bits per heavy atom. The number of nitrogens with one attached hydrogen (secondary N) is 1. The summed E-state index contributed by atoms with van der Waals surface area (Å²) in [6.07, 6.45) is 1.01. The highest BCUT2D eigenvalue weighted by Crippen LogP contribution is 2.35. The molecule has 0 bridgehead atoms. The molecule has 0 atom stereocenters. The van der Waals surface area contributed by atoms with Crippen molar-refractivity contribution >= 4 is 0 Å². The van der Waals surface area contributed by atoms with Crippen molar-refractivity contribution in [2.45, 2.75) is 6.42 Å². The van der Waals surface area contributed by atoms with Crippen LogP contribution in [0, 0.1) is 5.92 Å². The second-order valence-electron chi connectivity index (χ2n) is 4.25. The van der Waals surface area contributed by atoms with Crippen LogP contribution in [0.25, 0.3) is 0 Å². The second kappa shape index (κ2) is 5.27. The number of hydrogen-bond donors (Lipinski definition) is 1. The molecule has 0 spiro atoms. The van der Waals surface area contributed by atoms with Crippen molar-refractivity contribution in [2.75, 3.05) is 34.4 Å². The third-order valence-corrected chi connectivity index (χ3v) is 3.16. The zero-order valence-electron chi connectivity index (χ0n) is 10.6. The largest absolute Gasteiger partial charge is 0.496 e. The molecule has 1 aliphatic rings. The zero-order valence-corrected chi connectivity index (χ0v) is 10.6. The molecule has 0 radical (unpaired) electrons. The summed E-state index contributed by atoms with van der Waals surface area (Å²) in [5.74, 6) is 3.03. The number of ether oxygens (including phenoxy) is 3. The number of rotatable bonds is 5. The van der Waals surface area contributed by atoms with Gasteiger partial charge in [0.1, 0.15) is 5.75 Å². The Kier molecular flexibility index (Phi) is 3.74. The molecule has 2 rings (SSSR count). The molecule has 1 aliphatic heterocycles. The Morgan fingerprint density at radius 2 is 1.59 bits per heavy atom. The van der Waals surface area contributed by atoms with Gasteiger partial charge in [-0.1, -0.05) is 0 Å². The van der Waals surface area contributed by atoms with Crippen LogP contribution in [-0.2, 0) is 6.42 Å². The highest BCUT2D eigenvalue weighted by atomic mass is 16.5. The van der Waals surface area contributed by atoms with Gasteiger partial charge in [-0.25, -0.2) is 0 Å². The molecular formula is C13H19NO3. The molecule has 1 heterocycles. The maximum Gasteiger partial charge on any atom is 0.164 e. The van der Waals surface area contributed by atoms with E-state index in [0.717, 1.165) is 31.0 Å². The van der Waals surface area contributed by atoms with Crippen LogP contribution in [0.1, 0.15) is 5.56 Å². The Morgan fingerprint density at radius 3 is 2.06 bits per heavy atom. The third-order valence-electron chi connectivity index (χ3n) is 3.16. The van der Waals surface area contributed by atoms with Gasteiger partial charge in [0, 0.05) is 6.07 Å². The van der Waals surface area contributed by atoms with E-state index < -0.39 is 0 Å². The lowest BCUT2D eigenvalue weighted by Gasteiger charge is -2.28. The van der Waals surface area contributed by atoms with Crippen LogP contribution in [0.5, 0.6) is 17.2 Å². The van der Waals surface area contributed by atoms with E-state index in [1.54, 1.807) is 21.3 Å². The fraction of sp³-hybridized carbons (Fsp3) is 0.538. The van der Waals surface area contributed by atoms with E-state index in [0.29, 0.717) is 11.7 Å². The van der Waals surface area contributed by atoms with Crippen molar-refractivity contribution in [1.82, 2.24) is 5.32 Å². The summed E-state index contributed by atoms with van der Waals surface area (Å²) in [5, 5.41) is 3.27. The molecule has 94 valence electrons. The highest BCUT2D eigenvalue weighted by molar-refractivity contribution is 5.50. The maximum absolute atomic E-state index is 5.40. The maximum atomic E-state index is 5.40. The first kappa shape index (κ1) is 12.0. The highest BCUT2D eigenvalue weighted by Gasteiger charge is 2.20. The van der Waals surface area contributed by atoms with E-state index in [4.69, 9.17) is 14.2 Å².